The van der Waals surface area contributed by atoms with Crippen molar-refractivity contribution in [3.8, 4) is 0 Å². The Hall–Kier alpha value is -1.39. The van der Waals surface area contributed by atoms with E-state index in [-0.39, 0.29) is 5.91 Å². The average molecular weight is 251 g/mol. The largest absolute Gasteiger partial charge is 0.346 e. The molecule has 1 aromatic rings. The van der Waals surface area contributed by atoms with Gasteiger partial charge in [-0.2, -0.15) is 4.98 Å². The van der Waals surface area contributed by atoms with E-state index in [1.165, 1.54) is 25.7 Å². The van der Waals surface area contributed by atoms with E-state index in [0.717, 1.165) is 18.2 Å². The summed E-state index contributed by atoms with van der Waals surface area (Å²) in [6.07, 6.45) is 6.79. The molecule has 1 heterocycles. The molecule has 1 fully saturated rings. The molecule has 2 rings (SSSR count). The number of carbonyl (C=O) groups is 1. The van der Waals surface area contributed by atoms with E-state index < -0.39 is 0 Å². The monoisotopic (exact) mass is 251 g/mol. The molecular formula is C13H21N3O2. The first-order chi connectivity index (χ1) is 8.65. The fraction of sp³-hybridized carbons (Fsp3) is 0.769. The lowest BCUT2D eigenvalue weighted by atomic mass is 10.0. The van der Waals surface area contributed by atoms with Gasteiger partial charge in [0, 0.05) is 33.4 Å². The van der Waals surface area contributed by atoms with E-state index in [4.69, 9.17) is 4.52 Å². The summed E-state index contributed by atoms with van der Waals surface area (Å²) < 4.78 is 5.25. The normalized spacial score (nSPS) is 16.1. The Kier molecular flexibility index (Phi) is 4.33. The minimum atomic E-state index is 0.0599. The highest BCUT2D eigenvalue weighted by atomic mass is 16.5. The van der Waals surface area contributed by atoms with Gasteiger partial charge in [-0.05, 0) is 18.8 Å². The van der Waals surface area contributed by atoms with Crippen LogP contribution in [0.25, 0.3) is 0 Å². The summed E-state index contributed by atoms with van der Waals surface area (Å²) in [5.41, 5.74) is 0. The number of hydrogen-bond donors (Lipinski definition) is 0. The van der Waals surface area contributed by atoms with Gasteiger partial charge < -0.3 is 9.42 Å². The van der Waals surface area contributed by atoms with Crippen molar-refractivity contribution in [1.29, 1.82) is 0 Å². The number of likely N-dealkylation sites (N-methyl/N-ethyl adjacent to an activating group) is 1. The first-order valence-corrected chi connectivity index (χ1v) is 6.68. The molecule has 1 aliphatic rings. The standard InChI is InChI=1S/C13H21N3O2/c1-10(17)16(2)8-7-12-14-13(18-15-12)9-11-5-3-4-6-11/h11H,3-9H2,1-2H3. The van der Waals surface area contributed by atoms with Gasteiger partial charge in [0.2, 0.25) is 11.8 Å². The Labute approximate surface area is 108 Å². The van der Waals surface area contributed by atoms with Gasteiger partial charge in [-0.15, -0.1) is 0 Å². The summed E-state index contributed by atoms with van der Waals surface area (Å²) in [6.45, 7) is 2.19. The summed E-state index contributed by atoms with van der Waals surface area (Å²) in [5.74, 6) is 2.24. The van der Waals surface area contributed by atoms with Crippen LogP contribution in [0.2, 0.25) is 0 Å². The fourth-order valence-corrected chi connectivity index (χ4v) is 2.36. The van der Waals surface area contributed by atoms with Crippen molar-refractivity contribution in [2.75, 3.05) is 13.6 Å². The van der Waals surface area contributed by atoms with E-state index in [9.17, 15) is 4.79 Å². The second-order valence-corrected chi connectivity index (χ2v) is 5.15. The molecule has 18 heavy (non-hydrogen) atoms. The van der Waals surface area contributed by atoms with Crippen molar-refractivity contribution in [3.05, 3.63) is 11.7 Å². The van der Waals surface area contributed by atoms with E-state index in [0.29, 0.717) is 18.8 Å². The van der Waals surface area contributed by atoms with Crippen LogP contribution in [0.1, 0.15) is 44.3 Å². The van der Waals surface area contributed by atoms with Gasteiger partial charge in [-0.25, -0.2) is 0 Å². The maximum Gasteiger partial charge on any atom is 0.226 e. The molecule has 0 bridgehead atoms. The van der Waals surface area contributed by atoms with Crippen LogP contribution in [0.4, 0.5) is 0 Å². The molecule has 1 aliphatic carbocycles. The van der Waals surface area contributed by atoms with Gasteiger partial charge in [-0.1, -0.05) is 18.0 Å². The SMILES string of the molecule is CC(=O)N(C)CCc1noc(CC2CCCC2)n1. The number of rotatable bonds is 5. The van der Waals surface area contributed by atoms with Gasteiger partial charge in [0.05, 0.1) is 0 Å². The maximum absolute atomic E-state index is 11.1. The van der Waals surface area contributed by atoms with E-state index in [1.807, 2.05) is 0 Å². The third-order valence-corrected chi connectivity index (χ3v) is 3.66. The van der Waals surface area contributed by atoms with Crippen molar-refractivity contribution >= 4 is 5.91 Å². The van der Waals surface area contributed by atoms with Crippen molar-refractivity contribution in [2.45, 2.75) is 45.4 Å². The quantitative estimate of drug-likeness (QED) is 0.801. The summed E-state index contributed by atoms with van der Waals surface area (Å²) in [7, 11) is 1.78. The first kappa shape index (κ1) is 13.1. The van der Waals surface area contributed by atoms with Crippen LogP contribution >= 0.6 is 0 Å². The number of amides is 1. The Bertz CT molecular complexity index is 397. The molecule has 0 saturated heterocycles. The van der Waals surface area contributed by atoms with Crippen LogP contribution in [-0.4, -0.2) is 34.5 Å². The van der Waals surface area contributed by atoms with E-state index in [2.05, 4.69) is 10.1 Å². The van der Waals surface area contributed by atoms with E-state index >= 15 is 0 Å². The molecule has 0 atom stereocenters. The van der Waals surface area contributed by atoms with Gasteiger partial charge in [-0.3, -0.25) is 4.79 Å². The van der Waals surface area contributed by atoms with Gasteiger partial charge in [0.25, 0.3) is 0 Å². The number of hydrogen-bond acceptors (Lipinski definition) is 4. The van der Waals surface area contributed by atoms with Crippen LogP contribution in [0.5, 0.6) is 0 Å². The van der Waals surface area contributed by atoms with Crippen LogP contribution in [0.15, 0.2) is 4.52 Å². The minimum absolute atomic E-state index is 0.0599. The van der Waals surface area contributed by atoms with Gasteiger partial charge >= 0.3 is 0 Å². The predicted octanol–water partition coefficient (Wildman–Crippen LogP) is 1.82. The summed E-state index contributed by atoms with van der Waals surface area (Å²) in [5, 5.41) is 3.97. The first-order valence-electron chi connectivity index (χ1n) is 6.68. The molecule has 1 saturated carbocycles. The van der Waals surface area contributed by atoms with Crippen LogP contribution in [0.3, 0.4) is 0 Å². The number of nitrogens with zero attached hydrogens (tertiary/aromatic N) is 3. The molecular weight excluding hydrogens is 230 g/mol. The molecule has 1 amide bonds. The molecule has 0 aliphatic heterocycles. The Balaban J connectivity index is 1.80. The summed E-state index contributed by atoms with van der Waals surface area (Å²) in [6, 6.07) is 0. The summed E-state index contributed by atoms with van der Waals surface area (Å²) >= 11 is 0. The van der Waals surface area contributed by atoms with E-state index in [1.54, 1.807) is 18.9 Å². The lowest BCUT2D eigenvalue weighted by molar-refractivity contribution is -0.127. The molecule has 0 unspecified atom stereocenters. The molecule has 0 radical (unpaired) electrons. The smallest absolute Gasteiger partial charge is 0.226 e. The molecule has 5 nitrogen and oxygen atoms in total. The van der Waals surface area contributed by atoms with Crippen molar-refractivity contribution in [1.82, 2.24) is 15.0 Å². The van der Waals surface area contributed by atoms with Crippen LogP contribution in [0, 0.1) is 5.92 Å². The predicted molar refractivity (Wildman–Crippen MR) is 67.0 cm³/mol. The van der Waals surface area contributed by atoms with Gasteiger partial charge in [0.1, 0.15) is 0 Å². The van der Waals surface area contributed by atoms with Crippen LogP contribution < -0.4 is 0 Å². The highest BCUT2D eigenvalue weighted by Gasteiger charge is 2.18. The Morgan fingerprint density at radius 2 is 2.17 bits per heavy atom. The second kappa shape index (κ2) is 5.98. The van der Waals surface area contributed by atoms with Crippen molar-refractivity contribution < 1.29 is 9.32 Å². The zero-order valence-corrected chi connectivity index (χ0v) is 11.2. The highest BCUT2D eigenvalue weighted by molar-refractivity contribution is 5.72. The number of aromatic nitrogens is 2. The zero-order chi connectivity index (χ0) is 13.0. The van der Waals surface area contributed by atoms with Gasteiger partial charge in [0.15, 0.2) is 5.82 Å². The Morgan fingerprint density at radius 3 is 2.83 bits per heavy atom. The molecule has 0 N–H and O–H groups in total. The lowest BCUT2D eigenvalue weighted by Gasteiger charge is -2.12. The molecule has 0 spiro atoms. The Morgan fingerprint density at radius 1 is 1.44 bits per heavy atom. The average Bonchev–Trinajstić information content (AvgIpc) is 2.98. The molecule has 1 aromatic heterocycles. The van der Waals surface area contributed by atoms with Crippen molar-refractivity contribution in [2.24, 2.45) is 5.92 Å². The number of carbonyl (C=O) groups excluding carboxylic acids is 1. The molecule has 100 valence electrons. The highest BCUT2D eigenvalue weighted by Crippen LogP contribution is 2.27. The lowest BCUT2D eigenvalue weighted by Crippen LogP contribution is -2.26. The summed E-state index contributed by atoms with van der Waals surface area (Å²) in [4.78, 5) is 17.1. The van der Waals surface area contributed by atoms with Crippen molar-refractivity contribution in [3.63, 3.8) is 0 Å². The van der Waals surface area contributed by atoms with Crippen LogP contribution in [-0.2, 0) is 17.6 Å². The maximum atomic E-state index is 11.1. The molecule has 5 heteroatoms. The second-order valence-electron chi connectivity index (χ2n) is 5.15. The third kappa shape index (κ3) is 3.55. The molecule has 0 aromatic carbocycles. The topological polar surface area (TPSA) is 59.2 Å². The minimum Gasteiger partial charge on any atom is -0.346 e. The zero-order valence-electron chi connectivity index (χ0n) is 11.2. The third-order valence-electron chi connectivity index (χ3n) is 3.66. The fourth-order valence-electron chi connectivity index (χ4n) is 2.36.